The van der Waals surface area contributed by atoms with Crippen molar-refractivity contribution < 1.29 is 9.13 Å². The fraction of sp³-hybridized carbons (Fsp3) is 0.667. The van der Waals surface area contributed by atoms with Crippen LogP contribution in [0, 0.1) is 5.82 Å². The van der Waals surface area contributed by atoms with Crippen molar-refractivity contribution in [1.29, 1.82) is 0 Å². The number of nitrogens with zero attached hydrogens (tertiary/aromatic N) is 4. The molecule has 2 saturated heterocycles. The van der Waals surface area contributed by atoms with E-state index in [1.165, 1.54) is 6.07 Å². The van der Waals surface area contributed by atoms with Gasteiger partial charge >= 0.3 is 0 Å². The van der Waals surface area contributed by atoms with Gasteiger partial charge in [0.2, 0.25) is 0 Å². The molecule has 1 aromatic heterocycles. The van der Waals surface area contributed by atoms with Crippen molar-refractivity contribution in [1.82, 2.24) is 20.5 Å². The number of morpholine rings is 1. The Kier molecular flexibility index (Phi) is 7.02. The van der Waals surface area contributed by atoms with Crippen molar-refractivity contribution in [3.8, 4) is 0 Å². The van der Waals surface area contributed by atoms with Crippen LogP contribution in [0.5, 0.6) is 0 Å². The van der Waals surface area contributed by atoms with Crippen LogP contribution in [0.15, 0.2) is 23.3 Å². The first-order valence-corrected chi connectivity index (χ1v) is 9.46. The number of aliphatic imine (C=N–C) groups is 1. The SMILES string of the molecule is CCNC(=NCCN1CCOCC1)NC1CCN(c2ncccc2F)C1. The summed E-state index contributed by atoms with van der Waals surface area (Å²) >= 11 is 0. The summed E-state index contributed by atoms with van der Waals surface area (Å²) in [6, 6.07) is 3.31. The van der Waals surface area contributed by atoms with Gasteiger partial charge in [-0.3, -0.25) is 9.89 Å². The highest BCUT2D eigenvalue weighted by atomic mass is 19.1. The van der Waals surface area contributed by atoms with Crippen molar-refractivity contribution in [2.75, 3.05) is 63.9 Å². The molecular formula is C18H29FN6O. The standard InChI is InChI=1S/C18H29FN6O/c1-2-20-18(22-7-9-24-10-12-26-13-11-24)23-15-5-8-25(14-15)17-16(19)4-3-6-21-17/h3-4,6,15H,2,5,7-14H2,1H3,(H2,20,22,23). The van der Waals surface area contributed by atoms with Crippen molar-refractivity contribution in [3.05, 3.63) is 24.1 Å². The highest BCUT2D eigenvalue weighted by molar-refractivity contribution is 5.80. The van der Waals surface area contributed by atoms with Crippen molar-refractivity contribution in [3.63, 3.8) is 0 Å². The number of hydrogen-bond donors (Lipinski definition) is 2. The molecule has 3 heterocycles. The Labute approximate surface area is 154 Å². The molecule has 144 valence electrons. The molecule has 0 aliphatic carbocycles. The fourth-order valence-corrected chi connectivity index (χ4v) is 3.32. The molecule has 0 spiro atoms. The Hall–Kier alpha value is -1.93. The summed E-state index contributed by atoms with van der Waals surface area (Å²) in [6.45, 7) is 9.66. The normalized spacial score (nSPS) is 21.8. The maximum absolute atomic E-state index is 13.9. The first kappa shape index (κ1) is 18.8. The van der Waals surface area contributed by atoms with E-state index in [0.29, 0.717) is 5.82 Å². The quantitative estimate of drug-likeness (QED) is 0.572. The summed E-state index contributed by atoms with van der Waals surface area (Å²) in [4.78, 5) is 13.2. The van der Waals surface area contributed by atoms with Crippen LogP contribution in [0.1, 0.15) is 13.3 Å². The van der Waals surface area contributed by atoms with Gasteiger partial charge in [0.1, 0.15) is 0 Å². The summed E-state index contributed by atoms with van der Waals surface area (Å²) in [5, 5.41) is 6.78. The van der Waals surface area contributed by atoms with Gasteiger partial charge in [0, 0.05) is 51.5 Å². The molecule has 1 atom stereocenters. The number of guanidine groups is 1. The Morgan fingerprint density at radius 1 is 1.38 bits per heavy atom. The molecule has 2 N–H and O–H groups in total. The molecule has 2 aliphatic rings. The third-order valence-corrected chi connectivity index (χ3v) is 4.70. The fourth-order valence-electron chi connectivity index (χ4n) is 3.32. The summed E-state index contributed by atoms with van der Waals surface area (Å²) in [6.07, 6.45) is 2.57. The molecule has 0 saturated carbocycles. The van der Waals surface area contributed by atoms with E-state index in [4.69, 9.17) is 9.73 Å². The van der Waals surface area contributed by atoms with E-state index in [1.54, 1.807) is 12.3 Å². The molecule has 0 bridgehead atoms. The van der Waals surface area contributed by atoms with Crippen LogP contribution in [-0.2, 0) is 4.74 Å². The Bertz CT molecular complexity index is 593. The second-order valence-electron chi connectivity index (χ2n) is 6.60. The average molecular weight is 364 g/mol. The zero-order valence-corrected chi connectivity index (χ0v) is 15.5. The monoisotopic (exact) mass is 364 g/mol. The summed E-state index contributed by atoms with van der Waals surface area (Å²) < 4.78 is 19.3. The zero-order chi connectivity index (χ0) is 18.2. The highest BCUT2D eigenvalue weighted by Gasteiger charge is 2.25. The molecule has 1 aromatic rings. The second kappa shape index (κ2) is 9.68. The molecule has 1 unspecified atom stereocenters. The third-order valence-electron chi connectivity index (χ3n) is 4.70. The number of rotatable bonds is 6. The van der Waals surface area contributed by atoms with E-state index in [9.17, 15) is 4.39 Å². The lowest BCUT2D eigenvalue weighted by molar-refractivity contribution is 0.0394. The third kappa shape index (κ3) is 5.28. The minimum Gasteiger partial charge on any atom is -0.379 e. The molecule has 0 amide bonds. The van der Waals surface area contributed by atoms with Gasteiger partial charge in [0.05, 0.1) is 19.8 Å². The molecule has 26 heavy (non-hydrogen) atoms. The van der Waals surface area contributed by atoms with E-state index in [1.807, 2.05) is 4.90 Å². The molecule has 2 aliphatic heterocycles. The van der Waals surface area contributed by atoms with Crippen LogP contribution in [-0.4, -0.2) is 80.9 Å². The minimum atomic E-state index is -0.265. The zero-order valence-electron chi connectivity index (χ0n) is 15.5. The first-order valence-electron chi connectivity index (χ1n) is 9.46. The Balaban J connectivity index is 1.50. The Morgan fingerprint density at radius 2 is 2.23 bits per heavy atom. The van der Waals surface area contributed by atoms with Gasteiger partial charge in [-0.15, -0.1) is 0 Å². The van der Waals surface area contributed by atoms with Gasteiger partial charge in [0.15, 0.2) is 17.6 Å². The smallest absolute Gasteiger partial charge is 0.191 e. The molecule has 2 fully saturated rings. The molecule has 3 rings (SSSR count). The predicted octanol–water partition coefficient (Wildman–Crippen LogP) is 0.687. The Morgan fingerprint density at radius 3 is 3.00 bits per heavy atom. The number of aromatic nitrogens is 1. The molecule has 0 aromatic carbocycles. The van der Waals surface area contributed by atoms with Gasteiger partial charge in [-0.25, -0.2) is 9.37 Å². The van der Waals surface area contributed by atoms with Gasteiger partial charge < -0.3 is 20.3 Å². The van der Waals surface area contributed by atoms with Crippen molar-refractivity contribution in [2.45, 2.75) is 19.4 Å². The lowest BCUT2D eigenvalue weighted by Gasteiger charge is -2.26. The van der Waals surface area contributed by atoms with E-state index in [-0.39, 0.29) is 11.9 Å². The van der Waals surface area contributed by atoms with Crippen LogP contribution < -0.4 is 15.5 Å². The van der Waals surface area contributed by atoms with Gasteiger partial charge in [-0.2, -0.15) is 0 Å². The average Bonchev–Trinajstić information content (AvgIpc) is 3.11. The first-order chi connectivity index (χ1) is 12.8. The van der Waals surface area contributed by atoms with E-state index in [2.05, 4.69) is 27.4 Å². The summed E-state index contributed by atoms with van der Waals surface area (Å²) in [7, 11) is 0. The van der Waals surface area contributed by atoms with Crippen LogP contribution in [0.3, 0.4) is 0 Å². The maximum atomic E-state index is 13.9. The number of anilines is 1. The van der Waals surface area contributed by atoms with E-state index >= 15 is 0 Å². The van der Waals surface area contributed by atoms with E-state index in [0.717, 1.165) is 71.4 Å². The predicted molar refractivity (Wildman–Crippen MR) is 101 cm³/mol. The van der Waals surface area contributed by atoms with Crippen LogP contribution in [0.25, 0.3) is 0 Å². The number of halogens is 1. The number of hydrogen-bond acceptors (Lipinski definition) is 5. The maximum Gasteiger partial charge on any atom is 0.191 e. The van der Waals surface area contributed by atoms with E-state index < -0.39 is 0 Å². The lowest BCUT2D eigenvalue weighted by Crippen LogP contribution is -2.45. The molecule has 7 nitrogen and oxygen atoms in total. The topological polar surface area (TPSA) is 65.0 Å². The van der Waals surface area contributed by atoms with Crippen molar-refractivity contribution >= 4 is 11.8 Å². The summed E-state index contributed by atoms with van der Waals surface area (Å²) in [5.74, 6) is 0.999. The summed E-state index contributed by atoms with van der Waals surface area (Å²) in [5.41, 5.74) is 0. The van der Waals surface area contributed by atoms with Crippen molar-refractivity contribution in [2.24, 2.45) is 4.99 Å². The molecule has 0 radical (unpaired) electrons. The molecular weight excluding hydrogens is 335 g/mol. The van der Waals surface area contributed by atoms with Crippen LogP contribution in [0.2, 0.25) is 0 Å². The lowest BCUT2D eigenvalue weighted by atomic mass is 10.3. The molecule has 8 heteroatoms. The van der Waals surface area contributed by atoms with Crippen LogP contribution in [0.4, 0.5) is 10.2 Å². The number of nitrogens with one attached hydrogen (secondary N) is 2. The van der Waals surface area contributed by atoms with Gasteiger partial charge in [-0.1, -0.05) is 0 Å². The van der Waals surface area contributed by atoms with Gasteiger partial charge in [-0.05, 0) is 25.5 Å². The number of pyridine rings is 1. The largest absolute Gasteiger partial charge is 0.379 e. The minimum absolute atomic E-state index is 0.234. The van der Waals surface area contributed by atoms with Crippen LogP contribution >= 0.6 is 0 Å². The second-order valence-corrected chi connectivity index (χ2v) is 6.60. The van der Waals surface area contributed by atoms with Gasteiger partial charge in [0.25, 0.3) is 0 Å². The number of ether oxygens (including phenoxy) is 1. The highest BCUT2D eigenvalue weighted by Crippen LogP contribution is 2.20.